The Bertz CT molecular complexity index is 780. The Morgan fingerprint density at radius 1 is 1.31 bits per heavy atom. The number of hydrogen-bond acceptors (Lipinski definition) is 5. The first-order valence-corrected chi connectivity index (χ1v) is 10.2. The highest BCUT2D eigenvalue weighted by Crippen LogP contribution is 2.41. The molecule has 26 heavy (non-hydrogen) atoms. The summed E-state index contributed by atoms with van der Waals surface area (Å²) in [5, 5.41) is 4.49. The molecule has 3 rings (SSSR count). The van der Waals surface area contributed by atoms with Crippen LogP contribution in [0.25, 0.3) is 0 Å². The van der Waals surface area contributed by atoms with Gasteiger partial charge in [-0.05, 0) is 54.8 Å². The number of pyridine rings is 1. The first-order chi connectivity index (χ1) is 12.7. The van der Waals surface area contributed by atoms with Crippen molar-refractivity contribution in [3.05, 3.63) is 65.7 Å². The predicted octanol–water partition coefficient (Wildman–Crippen LogP) is 5.30. The third-order valence-corrected chi connectivity index (χ3v) is 6.28. The molecule has 1 aliphatic carbocycles. The number of halogens is 1. The summed E-state index contributed by atoms with van der Waals surface area (Å²) < 4.78 is 13.9. The SMILES string of the molecule is CSC(=S)C1(c2cccnc2)CCCCC1=NOCc1ccc(F)cc1. The number of nitrogens with zero attached hydrogens (tertiary/aromatic N) is 2. The molecule has 6 heteroatoms. The Morgan fingerprint density at radius 2 is 2.12 bits per heavy atom. The molecule has 0 N–H and O–H groups in total. The summed E-state index contributed by atoms with van der Waals surface area (Å²) in [5.41, 5.74) is 2.50. The number of thioether (sulfide) groups is 1. The monoisotopic (exact) mass is 388 g/mol. The number of thiocarbonyl (C=S) groups is 1. The number of benzene rings is 1. The van der Waals surface area contributed by atoms with Gasteiger partial charge in [-0.2, -0.15) is 0 Å². The lowest BCUT2D eigenvalue weighted by Gasteiger charge is -2.38. The molecule has 0 saturated heterocycles. The lowest BCUT2D eigenvalue weighted by molar-refractivity contribution is 0.127. The molecule has 1 saturated carbocycles. The van der Waals surface area contributed by atoms with E-state index in [1.165, 1.54) is 12.1 Å². The van der Waals surface area contributed by atoms with E-state index in [2.05, 4.69) is 16.2 Å². The van der Waals surface area contributed by atoms with Crippen molar-refractivity contribution in [2.45, 2.75) is 37.7 Å². The molecule has 136 valence electrons. The number of rotatable bonds is 5. The van der Waals surface area contributed by atoms with E-state index in [9.17, 15) is 4.39 Å². The normalized spacial score (nSPS) is 21.5. The van der Waals surface area contributed by atoms with Crippen LogP contribution in [0.2, 0.25) is 0 Å². The Hall–Kier alpha value is -1.79. The molecule has 3 nitrogen and oxygen atoms in total. The first-order valence-electron chi connectivity index (χ1n) is 8.59. The molecule has 0 amide bonds. The van der Waals surface area contributed by atoms with Crippen LogP contribution in [-0.2, 0) is 16.9 Å². The molecule has 0 spiro atoms. The molecule has 0 bridgehead atoms. The molecular formula is C20H21FN2OS2. The van der Waals surface area contributed by atoms with E-state index in [1.807, 2.05) is 18.5 Å². The van der Waals surface area contributed by atoms with Gasteiger partial charge in [-0.3, -0.25) is 4.98 Å². The van der Waals surface area contributed by atoms with Crippen LogP contribution >= 0.6 is 24.0 Å². The minimum atomic E-state index is -0.413. The van der Waals surface area contributed by atoms with E-state index in [4.69, 9.17) is 17.1 Å². The standard InChI is InChI=1S/C20H21FN2OS2/c1-26-19(25)20(16-5-4-12-22-13-16)11-3-2-6-18(20)23-24-14-15-7-9-17(21)10-8-15/h4-5,7-10,12-13H,2-3,6,11,14H2,1H3. The smallest absolute Gasteiger partial charge is 0.142 e. The summed E-state index contributed by atoms with van der Waals surface area (Å²) in [6.07, 6.45) is 9.57. The highest BCUT2D eigenvalue weighted by Gasteiger charge is 2.44. The maximum Gasteiger partial charge on any atom is 0.142 e. The molecular weight excluding hydrogens is 367 g/mol. The number of oxime groups is 1. The molecule has 1 aromatic heterocycles. The predicted molar refractivity (Wildman–Crippen MR) is 109 cm³/mol. The first kappa shape index (κ1) is 19.0. The summed E-state index contributed by atoms with van der Waals surface area (Å²) >= 11 is 7.35. The van der Waals surface area contributed by atoms with Crippen LogP contribution in [0.3, 0.4) is 0 Å². The summed E-state index contributed by atoms with van der Waals surface area (Å²) in [6.45, 7) is 0.304. The number of aromatic nitrogens is 1. The lowest BCUT2D eigenvalue weighted by Crippen LogP contribution is -2.44. The topological polar surface area (TPSA) is 34.5 Å². The molecule has 1 heterocycles. The van der Waals surface area contributed by atoms with E-state index >= 15 is 0 Å². The van der Waals surface area contributed by atoms with Gasteiger partial charge in [-0.1, -0.05) is 42.0 Å². The fraction of sp³-hybridized carbons (Fsp3) is 0.350. The minimum absolute atomic E-state index is 0.256. The number of hydrogen-bond donors (Lipinski definition) is 0. The van der Waals surface area contributed by atoms with Gasteiger partial charge in [-0.25, -0.2) is 4.39 Å². The average Bonchev–Trinajstić information content (AvgIpc) is 2.70. The van der Waals surface area contributed by atoms with Gasteiger partial charge in [0.25, 0.3) is 0 Å². The van der Waals surface area contributed by atoms with Crippen molar-refractivity contribution >= 4 is 33.9 Å². The van der Waals surface area contributed by atoms with E-state index in [0.717, 1.165) is 46.7 Å². The minimum Gasteiger partial charge on any atom is -0.391 e. The van der Waals surface area contributed by atoms with Crippen LogP contribution < -0.4 is 0 Å². The van der Waals surface area contributed by atoms with Crippen molar-refractivity contribution in [1.82, 2.24) is 4.98 Å². The van der Waals surface area contributed by atoms with Gasteiger partial charge in [0.15, 0.2) is 0 Å². The molecule has 1 aromatic carbocycles. The second-order valence-electron chi connectivity index (χ2n) is 6.28. The van der Waals surface area contributed by atoms with E-state index in [0.29, 0.717) is 6.61 Å². The molecule has 0 radical (unpaired) electrons. The van der Waals surface area contributed by atoms with Gasteiger partial charge < -0.3 is 4.84 Å². The molecule has 0 aliphatic heterocycles. The van der Waals surface area contributed by atoms with Crippen molar-refractivity contribution in [1.29, 1.82) is 0 Å². The highest BCUT2D eigenvalue weighted by molar-refractivity contribution is 8.23. The fourth-order valence-electron chi connectivity index (χ4n) is 3.37. The van der Waals surface area contributed by atoms with Gasteiger partial charge in [0.05, 0.1) is 15.3 Å². The van der Waals surface area contributed by atoms with Crippen LogP contribution in [0.15, 0.2) is 53.9 Å². The van der Waals surface area contributed by atoms with Crippen LogP contribution in [-0.4, -0.2) is 21.1 Å². The Morgan fingerprint density at radius 3 is 2.81 bits per heavy atom. The maximum atomic E-state index is 13.0. The van der Waals surface area contributed by atoms with Crippen LogP contribution in [0.4, 0.5) is 4.39 Å². The second-order valence-corrected chi connectivity index (χ2v) is 7.77. The Labute approximate surface area is 163 Å². The Balaban J connectivity index is 1.88. The van der Waals surface area contributed by atoms with E-state index < -0.39 is 5.41 Å². The fourth-order valence-corrected chi connectivity index (χ4v) is 4.39. The molecule has 2 aromatic rings. The van der Waals surface area contributed by atoms with Crippen molar-refractivity contribution in [2.24, 2.45) is 5.16 Å². The van der Waals surface area contributed by atoms with Gasteiger partial charge in [0.2, 0.25) is 0 Å². The summed E-state index contributed by atoms with van der Waals surface area (Å²) in [5.74, 6) is -0.256. The molecule has 1 fully saturated rings. The summed E-state index contributed by atoms with van der Waals surface area (Å²) in [4.78, 5) is 9.94. The van der Waals surface area contributed by atoms with Crippen molar-refractivity contribution in [3.8, 4) is 0 Å². The zero-order chi connectivity index (χ0) is 18.4. The third-order valence-electron chi connectivity index (χ3n) is 4.72. The van der Waals surface area contributed by atoms with Crippen molar-refractivity contribution in [3.63, 3.8) is 0 Å². The van der Waals surface area contributed by atoms with E-state index in [1.54, 1.807) is 30.1 Å². The second kappa shape index (κ2) is 8.73. The van der Waals surface area contributed by atoms with E-state index in [-0.39, 0.29) is 5.82 Å². The zero-order valence-corrected chi connectivity index (χ0v) is 16.3. The summed E-state index contributed by atoms with van der Waals surface area (Å²) in [7, 11) is 0. The summed E-state index contributed by atoms with van der Waals surface area (Å²) in [6, 6.07) is 10.3. The quantitative estimate of drug-likeness (QED) is 0.514. The van der Waals surface area contributed by atoms with Crippen molar-refractivity contribution < 1.29 is 9.23 Å². The zero-order valence-electron chi connectivity index (χ0n) is 14.7. The van der Waals surface area contributed by atoms with Gasteiger partial charge >= 0.3 is 0 Å². The van der Waals surface area contributed by atoms with Crippen molar-refractivity contribution in [2.75, 3.05) is 6.26 Å². The molecule has 1 atom stereocenters. The van der Waals surface area contributed by atoms with Gasteiger partial charge in [-0.15, -0.1) is 11.8 Å². The van der Waals surface area contributed by atoms with Crippen LogP contribution in [0.5, 0.6) is 0 Å². The molecule has 1 aliphatic rings. The largest absolute Gasteiger partial charge is 0.391 e. The Kier molecular flexibility index (Phi) is 6.38. The maximum absolute atomic E-state index is 13.0. The van der Waals surface area contributed by atoms with Crippen LogP contribution in [0.1, 0.15) is 36.8 Å². The highest BCUT2D eigenvalue weighted by atomic mass is 32.2. The third kappa shape index (κ3) is 3.96. The molecule has 1 unspecified atom stereocenters. The van der Waals surface area contributed by atoms with Gasteiger partial charge in [0.1, 0.15) is 12.4 Å². The van der Waals surface area contributed by atoms with Crippen LogP contribution in [0, 0.1) is 5.82 Å². The van der Waals surface area contributed by atoms with Gasteiger partial charge in [0, 0.05) is 12.4 Å². The lowest BCUT2D eigenvalue weighted by atomic mass is 9.69. The average molecular weight is 389 g/mol.